The molecule has 2 aromatic carbocycles. The summed E-state index contributed by atoms with van der Waals surface area (Å²) in [5.41, 5.74) is 13.1. The van der Waals surface area contributed by atoms with E-state index in [0.717, 1.165) is 47.9 Å². The average Bonchev–Trinajstić information content (AvgIpc) is 3.68. The Labute approximate surface area is 277 Å². The minimum absolute atomic E-state index is 0.00326. The minimum Gasteiger partial charge on any atom is -0.372 e. The SMILES string of the molecule is C#Cc1cnc2c(Cl)cc(N[C@H](C3=CN(C4CCN(C(C)(C)C)CC4)NN3)c3scnc3C)cc2c1Nc1cccc(Cl)c1F. The molecule has 0 spiro atoms. The van der Waals surface area contributed by atoms with Crippen molar-refractivity contribution >= 4 is 62.5 Å². The van der Waals surface area contributed by atoms with Gasteiger partial charge < -0.3 is 16.1 Å². The molecule has 8 nitrogen and oxygen atoms in total. The highest BCUT2D eigenvalue weighted by atomic mass is 35.5. The molecule has 1 saturated heterocycles. The molecule has 2 aromatic heterocycles. The quantitative estimate of drug-likeness (QED) is 0.149. The lowest BCUT2D eigenvalue weighted by molar-refractivity contribution is 0.0570. The number of likely N-dealkylation sites (tertiary alicyclic amines) is 1. The first-order valence-corrected chi connectivity index (χ1v) is 16.4. The first-order chi connectivity index (χ1) is 21.5. The Bertz CT molecular complexity index is 1800. The highest BCUT2D eigenvalue weighted by molar-refractivity contribution is 7.09. The van der Waals surface area contributed by atoms with Crippen LogP contribution in [0.15, 0.2) is 53.9 Å². The van der Waals surface area contributed by atoms with Crippen molar-refractivity contribution in [2.24, 2.45) is 0 Å². The predicted octanol–water partition coefficient (Wildman–Crippen LogP) is 7.75. The van der Waals surface area contributed by atoms with E-state index in [0.29, 0.717) is 33.2 Å². The molecule has 0 radical (unpaired) electrons. The van der Waals surface area contributed by atoms with Gasteiger partial charge in [-0.15, -0.1) is 23.3 Å². The van der Waals surface area contributed by atoms with Gasteiger partial charge in [-0.25, -0.2) is 9.37 Å². The van der Waals surface area contributed by atoms with Crippen LogP contribution >= 0.6 is 34.5 Å². The van der Waals surface area contributed by atoms with Crippen LogP contribution in [0.2, 0.25) is 10.0 Å². The molecule has 12 heteroatoms. The Hall–Kier alpha value is -3.59. The van der Waals surface area contributed by atoms with Gasteiger partial charge in [0.1, 0.15) is 6.04 Å². The van der Waals surface area contributed by atoms with E-state index in [2.05, 4.69) is 74.4 Å². The third-order valence-corrected chi connectivity index (χ3v) is 9.95. The van der Waals surface area contributed by atoms with E-state index < -0.39 is 5.82 Å². The molecule has 45 heavy (non-hydrogen) atoms. The lowest BCUT2D eigenvalue weighted by Gasteiger charge is -2.42. The fourth-order valence-electron chi connectivity index (χ4n) is 5.86. The maximum Gasteiger partial charge on any atom is 0.165 e. The number of hydrogen-bond acceptors (Lipinski definition) is 9. The van der Waals surface area contributed by atoms with Crippen molar-refractivity contribution in [1.29, 1.82) is 0 Å². The summed E-state index contributed by atoms with van der Waals surface area (Å²) in [4.78, 5) is 12.6. The van der Waals surface area contributed by atoms with E-state index in [1.165, 1.54) is 6.07 Å². The van der Waals surface area contributed by atoms with Gasteiger partial charge in [-0.2, -0.15) is 0 Å². The van der Waals surface area contributed by atoms with E-state index >= 15 is 0 Å². The summed E-state index contributed by atoms with van der Waals surface area (Å²) in [6.45, 7) is 10.9. The number of nitrogens with zero attached hydrogens (tertiary/aromatic N) is 4. The summed E-state index contributed by atoms with van der Waals surface area (Å²) in [5.74, 6) is 2.08. The Morgan fingerprint density at radius 3 is 2.62 bits per heavy atom. The largest absolute Gasteiger partial charge is 0.372 e. The third-order valence-electron chi connectivity index (χ3n) is 8.37. The number of rotatable bonds is 7. The number of hydrogen-bond donors (Lipinski definition) is 4. The van der Waals surface area contributed by atoms with Gasteiger partial charge in [-0.3, -0.25) is 14.9 Å². The van der Waals surface area contributed by atoms with Crippen molar-refractivity contribution in [1.82, 2.24) is 30.8 Å². The van der Waals surface area contributed by atoms with Gasteiger partial charge >= 0.3 is 0 Å². The lowest BCUT2D eigenvalue weighted by Crippen LogP contribution is -2.52. The number of pyridine rings is 1. The number of benzene rings is 2. The number of terminal acetylenes is 1. The maximum atomic E-state index is 14.9. The Morgan fingerprint density at radius 2 is 1.93 bits per heavy atom. The summed E-state index contributed by atoms with van der Waals surface area (Å²) in [7, 11) is 0. The van der Waals surface area contributed by atoms with Gasteiger partial charge in [0.25, 0.3) is 0 Å². The van der Waals surface area contributed by atoms with Crippen LogP contribution in [0.1, 0.15) is 55.8 Å². The number of thiazole rings is 1. The number of aryl methyl sites for hydroxylation is 1. The molecule has 4 aromatic rings. The van der Waals surface area contributed by atoms with Gasteiger partial charge in [0, 0.05) is 48.1 Å². The van der Waals surface area contributed by atoms with Crippen LogP contribution in [0.4, 0.5) is 21.5 Å². The van der Waals surface area contributed by atoms with Crippen LogP contribution < -0.4 is 21.6 Å². The molecule has 0 bridgehead atoms. The van der Waals surface area contributed by atoms with Crippen LogP contribution in [-0.2, 0) is 0 Å². The Kier molecular flexibility index (Phi) is 8.83. The van der Waals surface area contributed by atoms with E-state index in [-0.39, 0.29) is 22.3 Å². The molecule has 1 atom stereocenters. The predicted molar refractivity (Wildman–Crippen MR) is 183 cm³/mol. The number of piperidine rings is 1. The normalized spacial score (nSPS) is 16.8. The van der Waals surface area contributed by atoms with E-state index in [4.69, 9.17) is 29.6 Å². The van der Waals surface area contributed by atoms with Crippen LogP contribution in [0.25, 0.3) is 10.9 Å². The number of aromatic nitrogens is 2. The summed E-state index contributed by atoms with van der Waals surface area (Å²) >= 11 is 14.5. The smallest absolute Gasteiger partial charge is 0.165 e. The highest BCUT2D eigenvalue weighted by Gasteiger charge is 2.32. The standard InChI is InChI=1S/C33H35Cl2FN8S/c1-6-20-16-37-30-23(29(20)40-26-9-7-8-24(34)28(26)36)14-21(15-25(30)35)39-31(32-19(2)38-18-45-32)27-17-44(42-41-27)22-10-12-43(13-11-22)33(3,4)5/h1,7-9,14-18,22,31,39,41-42H,10-13H2,2-5H3,(H,37,40)/t31-/m1/s1. The van der Waals surface area contributed by atoms with Gasteiger partial charge in [0.2, 0.25) is 0 Å². The highest BCUT2D eigenvalue weighted by Crippen LogP contribution is 2.39. The summed E-state index contributed by atoms with van der Waals surface area (Å²) < 4.78 is 14.9. The average molecular weight is 666 g/mol. The van der Waals surface area contributed by atoms with Crippen LogP contribution in [0, 0.1) is 25.1 Å². The third kappa shape index (κ3) is 6.41. The first-order valence-electron chi connectivity index (χ1n) is 14.8. The fourth-order valence-corrected chi connectivity index (χ4v) is 7.18. The zero-order chi connectivity index (χ0) is 31.9. The summed E-state index contributed by atoms with van der Waals surface area (Å²) in [6.07, 6.45) is 11.7. The zero-order valence-corrected chi connectivity index (χ0v) is 27.8. The fraction of sp³-hybridized carbons (Fsp3) is 0.333. The van der Waals surface area contributed by atoms with Gasteiger partial charge in [-0.05, 0) is 64.8 Å². The van der Waals surface area contributed by atoms with Gasteiger partial charge in [0.05, 0.1) is 54.3 Å². The molecule has 2 aliphatic rings. The van der Waals surface area contributed by atoms with Crippen molar-refractivity contribution in [2.45, 2.75) is 58.2 Å². The minimum atomic E-state index is -0.575. The molecule has 0 amide bonds. The van der Waals surface area contributed by atoms with E-state index in [9.17, 15) is 4.39 Å². The van der Waals surface area contributed by atoms with Crippen molar-refractivity contribution in [3.05, 3.63) is 85.9 Å². The van der Waals surface area contributed by atoms with E-state index in [1.807, 2.05) is 24.6 Å². The number of halogens is 3. The Morgan fingerprint density at radius 1 is 1.16 bits per heavy atom. The zero-order valence-electron chi connectivity index (χ0n) is 25.5. The monoisotopic (exact) mass is 664 g/mol. The summed E-state index contributed by atoms with van der Waals surface area (Å²) in [6, 6.07) is 8.62. The molecule has 4 heterocycles. The Balaban J connectivity index is 1.34. The number of nitrogens with one attached hydrogen (secondary N) is 4. The van der Waals surface area contributed by atoms with E-state index in [1.54, 1.807) is 29.7 Å². The topological polar surface area (TPSA) is 80.4 Å². The van der Waals surface area contributed by atoms with Crippen LogP contribution in [-0.4, -0.2) is 44.5 Å². The molecule has 1 fully saturated rings. The molecule has 0 unspecified atom stereocenters. The van der Waals surface area contributed by atoms with Gasteiger partial charge in [-0.1, -0.05) is 35.2 Å². The van der Waals surface area contributed by atoms with Crippen molar-refractivity contribution in [2.75, 3.05) is 23.7 Å². The first kappa shape index (κ1) is 31.4. The van der Waals surface area contributed by atoms with Crippen molar-refractivity contribution in [3.8, 4) is 12.3 Å². The second kappa shape index (κ2) is 12.7. The second-order valence-electron chi connectivity index (χ2n) is 12.3. The van der Waals surface area contributed by atoms with Crippen LogP contribution in [0.5, 0.6) is 0 Å². The maximum absolute atomic E-state index is 14.9. The van der Waals surface area contributed by atoms with Gasteiger partial charge in [0.15, 0.2) is 5.82 Å². The molecule has 2 aliphatic heterocycles. The number of hydrazine groups is 2. The lowest BCUT2D eigenvalue weighted by atomic mass is 9.98. The molecule has 0 aliphatic carbocycles. The second-order valence-corrected chi connectivity index (χ2v) is 14.0. The van der Waals surface area contributed by atoms with Crippen molar-refractivity contribution in [3.63, 3.8) is 0 Å². The molecular weight excluding hydrogens is 630 g/mol. The molecule has 6 rings (SSSR count). The number of fused-ring (bicyclic) bond motifs is 1. The van der Waals surface area contributed by atoms with Crippen LogP contribution in [0.3, 0.4) is 0 Å². The molecular formula is C33H35Cl2FN8S. The molecule has 234 valence electrons. The number of anilines is 3. The molecule has 0 saturated carbocycles. The van der Waals surface area contributed by atoms with Crippen molar-refractivity contribution < 1.29 is 4.39 Å². The summed E-state index contributed by atoms with van der Waals surface area (Å²) in [5, 5.41) is 10.1. The molecule has 4 N–H and O–H groups in total.